The van der Waals surface area contributed by atoms with Gasteiger partial charge in [-0.15, -0.1) is 24.0 Å². The molecule has 0 aliphatic heterocycles. The Kier molecular flexibility index (Phi) is 13.9. The topological polar surface area (TPSA) is 64.1 Å². The van der Waals surface area contributed by atoms with Gasteiger partial charge in [0, 0.05) is 27.2 Å². The molecule has 30 heavy (non-hydrogen) atoms. The molecule has 166 valence electrons. The minimum absolute atomic E-state index is 0. The van der Waals surface area contributed by atoms with Crippen LogP contribution in [0.2, 0.25) is 0 Å². The fourth-order valence-electron chi connectivity index (χ4n) is 2.63. The zero-order valence-corrected chi connectivity index (χ0v) is 20.4. The molecule has 0 amide bonds. The summed E-state index contributed by atoms with van der Waals surface area (Å²) in [4.78, 5) is 4.29. The molecule has 1 unspecified atom stereocenters. The first kappa shape index (κ1) is 26.2. The van der Waals surface area contributed by atoms with Crippen LogP contribution in [0, 0.1) is 5.92 Å². The molecule has 0 saturated heterocycles. The molecule has 0 spiro atoms. The number of hydrogen-bond acceptors (Lipinski definition) is 4. The molecular formula is C23H34IN3O3. The summed E-state index contributed by atoms with van der Waals surface area (Å²) in [5.74, 6) is 2.00. The number of hydrogen-bond donors (Lipinski definition) is 2. The molecule has 2 N–H and O–H groups in total. The van der Waals surface area contributed by atoms with Crippen molar-refractivity contribution in [3.8, 4) is 5.75 Å². The zero-order valence-electron chi connectivity index (χ0n) is 18.1. The minimum Gasteiger partial charge on any atom is -0.491 e. The first-order chi connectivity index (χ1) is 14.2. The molecule has 1 atom stereocenters. The minimum atomic E-state index is 0. The zero-order chi connectivity index (χ0) is 20.7. The first-order valence-electron chi connectivity index (χ1n) is 9.98. The summed E-state index contributed by atoms with van der Waals surface area (Å²) in [6.07, 6.45) is 0. The number of guanidine groups is 1. The van der Waals surface area contributed by atoms with E-state index in [1.807, 2.05) is 42.5 Å². The standard InChI is InChI=1S/C23H33N3O3.HI/c1-19(17-28-18-21-7-5-4-6-8-21)15-25-23(24-2)26-16-20-9-11-22(12-10-20)29-14-13-27-3;/h4-12,19H,13-18H2,1-3H3,(H2,24,25,26);1H. The number of methoxy groups -OCH3 is 1. The van der Waals surface area contributed by atoms with Crippen LogP contribution in [0.4, 0.5) is 0 Å². The van der Waals surface area contributed by atoms with Crippen molar-refractivity contribution in [3.63, 3.8) is 0 Å². The highest BCUT2D eigenvalue weighted by Gasteiger charge is 2.05. The molecule has 0 saturated carbocycles. The maximum atomic E-state index is 5.80. The van der Waals surface area contributed by atoms with Crippen molar-refractivity contribution < 1.29 is 14.2 Å². The molecule has 6 nitrogen and oxygen atoms in total. The summed E-state index contributed by atoms with van der Waals surface area (Å²) in [7, 11) is 3.44. The van der Waals surface area contributed by atoms with Gasteiger partial charge in [-0.2, -0.15) is 0 Å². The van der Waals surface area contributed by atoms with Gasteiger partial charge >= 0.3 is 0 Å². The third kappa shape index (κ3) is 10.8. The fourth-order valence-corrected chi connectivity index (χ4v) is 2.63. The lowest BCUT2D eigenvalue weighted by Crippen LogP contribution is -2.39. The van der Waals surface area contributed by atoms with Crippen LogP contribution in [0.3, 0.4) is 0 Å². The van der Waals surface area contributed by atoms with Gasteiger partial charge in [0.1, 0.15) is 12.4 Å². The molecule has 2 aromatic carbocycles. The second kappa shape index (κ2) is 15.9. The van der Waals surface area contributed by atoms with E-state index in [1.165, 1.54) is 5.56 Å². The summed E-state index contributed by atoms with van der Waals surface area (Å²) >= 11 is 0. The summed E-state index contributed by atoms with van der Waals surface area (Å²) < 4.78 is 16.4. The number of ether oxygens (including phenoxy) is 3. The third-order valence-corrected chi connectivity index (χ3v) is 4.29. The number of halogens is 1. The SMILES string of the molecule is CN=C(NCc1ccc(OCCOC)cc1)NCC(C)COCc1ccccc1.I. The van der Waals surface area contributed by atoms with Crippen LogP contribution in [-0.2, 0) is 22.6 Å². The third-order valence-electron chi connectivity index (χ3n) is 4.29. The Morgan fingerprint density at radius 2 is 1.70 bits per heavy atom. The highest BCUT2D eigenvalue weighted by Crippen LogP contribution is 2.12. The molecule has 2 aromatic rings. The van der Waals surface area contributed by atoms with Crippen LogP contribution in [-0.4, -0.2) is 46.5 Å². The summed E-state index contributed by atoms with van der Waals surface area (Å²) in [5, 5.41) is 6.69. The van der Waals surface area contributed by atoms with Gasteiger partial charge in [0.15, 0.2) is 5.96 Å². The number of rotatable bonds is 12. The van der Waals surface area contributed by atoms with E-state index >= 15 is 0 Å². The fraction of sp³-hybridized carbons (Fsp3) is 0.435. The van der Waals surface area contributed by atoms with Crippen molar-refractivity contribution in [2.75, 3.05) is 40.5 Å². The van der Waals surface area contributed by atoms with Gasteiger partial charge in [0.05, 0.1) is 19.8 Å². The highest BCUT2D eigenvalue weighted by molar-refractivity contribution is 14.0. The van der Waals surface area contributed by atoms with Gasteiger partial charge in [-0.3, -0.25) is 4.99 Å². The molecule has 0 heterocycles. The van der Waals surface area contributed by atoms with Crippen molar-refractivity contribution in [1.29, 1.82) is 0 Å². The summed E-state index contributed by atoms with van der Waals surface area (Å²) in [6.45, 7) is 6.12. The van der Waals surface area contributed by atoms with E-state index in [4.69, 9.17) is 14.2 Å². The smallest absolute Gasteiger partial charge is 0.191 e. The second-order valence-corrected chi connectivity index (χ2v) is 6.90. The van der Waals surface area contributed by atoms with E-state index < -0.39 is 0 Å². The maximum absolute atomic E-state index is 5.80. The van der Waals surface area contributed by atoms with Crippen LogP contribution >= 0.6 is 24.0 Å². The molecule has 0 fully saturated rings. The summed E-state index contributed by atoms with van der Waals surface area (Å²) in [5.41, 5.74) is 2.35. The molecule has 0 radical (unpaired) electrons. The number of aliphatic imine (C=N–C) groups is 1. The van der Waals surface area contributed by atoms with E-state index in [0.717, 1.165) is 23.8 Å². The van der Waals surface area contributed by atoms with Crippen LogP contribution in [0.15, 0.2) is 59.6 Å². The van der Waals surface area contributed by atoms with Crippen LogP contribution < -0.4 is 15.4 Å². The lowest BCUT2D eigenvalue weighted by Gasteiger charge is -2.16. The predicted octanol–water partition coefficient (Wildman–Crippen LogP) is 3.85. The molecule has 7 heteroatoms. The predicted molar refractivity (Wildman–Crippen MR) is 133 cm³/mol. The molecule has 0 aliphatic rings. The van der Waals surface area contributed by atoms with E-state index in [2.05, 4.69) is 34.7 Å². The Morgan fingerprint density at radius 3 is 2.37 bits per heavy atom. The Hall–Kier alpha value is -1.84. The van der Waals surface area contributed by atoms with Crippen molar-refractivity contribution in [3.05, 3.63) is 65.7 Å². The largest absolute Gasteiger partial charge is 0.491 e. The van der Waals surface area contributed by atoms with Crippen LogP contribution in [0.5, 0.6) is 5.75 Å². The van der Waals surface area contributed by atoms with Crippen molar-refractivity contribution >= 4 is 29.9 Å². The van der Waals surface area contributed by atoms with Crippen LogP contribution in [0.25, 0.3) is 0 Å². The molecular weight excluding hydrogens is 493 g/mol. The lowest BCUT2D eigenvalue weighted by atomic mass is 10.2. The Labute approximate surface area is 197 Å². The molecule has 2 rings (SSSR count). The normalized spacial score (nSPS) is 12.0. The van der Waals surface area contributed by atoms with Gasteiger partial charge < -0.3 is 24.8 Å². The lowest BCUT2D eigenvalue weighted by molar-refractivity contribution is 0.0931. The average molecular weight is 527 g/mol. The highest BCUT2D eigenvalue weighted by atomic mass is 127. The first-order valence-corrected chi connectivity index (χ1v) is 9.98. The Morgan fingerprint density at radius 1 is 0.967 bits per heavy atom. The Balaban J connectivity index is 0.00000450. The van der Waals surface area contributed by atoms with Gasteiger partial charge in [-0.25, -0.2) is 0 Å². The van der Waals surface area contributed by atoms with E-state index in [1.54, 1.807) is 14.2 Å². The van der Waals surface area contributed by atoms with Gasteiger partial charge in [0.25, 0.3) is 0 Å². The van der Waals surface area contributed by atoms with Gasteiger partial charge in [-0.05, 0) is 29.2 Å². The van der Waals surface area contributed by atoms with E-state index in [9.17, 15) is 0 Å². The monoisotopic (exact) mass is 527 g/mol. The Bertz CT molecular complexity index is 711. The molecule has 0 aliphatic carbocycles. The summed E-state index contributed by atoms with van der Waals surface area (Å²) in [6, 6.07) is 18.2. The van der Waals surface area contributed by atoms with E-state index in [0.29, 0.717) is 38.9 Å². The number of nitrogens with one attached hydrogen (secondary N) is 2. The van der Waals surface area contributed by atoms with Gasteiger partial charge in [-0.1, -0.05) is 49.4 Å². The number of benzene rings is 2. The quantitative estimate of drug-likeness (QED) is 0.190. The second-order valence-electron chi connectivity index (χ2n) is 6.90. The van der Waals surface area contributed by atoms with Crippen LogP contribution in [0.1, 0.15) is 18.1 Å². The molecule has 0 bridgehead atoms. The van der Waals surface area contributed by atoms with Crippen molar-refractivity contribution in [2.45, 2.75) is 20.1 Å². The van der Waals surface area contributed by atoms with Gasteiger partial charge in [0.2, 0.25) is 0 Å². The van der Waals surface area contributed by atoms with E-state index in [-0.39, 0.29) is 24.0 Å². The van der Waals surface area contributed by atoms with Crippen molar-refractivity contribution in [2.24, 2.45) is 10.9 Å². The molecule has 0 aromatic heterocycles. The number of nitrogens with zero attached hydrogens (tertiary/aromatic N) is 1. The average Bonchev–Trinajstić information content (AvgIpc) is 2.76. The van der Waals surface area contributed by atoms with Crippen molar-refractivity contribution in [1.82, 2.24) is 10.6 Å². The maximum Gasteiger partial charge on any atom is 0.191 e.